The molecule has 0 bridgehead atoms. The Labute approximate surface area is 155 Å². The highest BCUT2D eigenvalue weighted by molar-refractivity contribution is 7.91. The number of primary amides is 1. The Hall–Kier alpha value is -2.82. The van der Waals surface area contributed by atoms with Crippen LogP contribution in [-0.4, -0.2) is 56.0 Å². The van der Waals surface area contributed by atoms with Crippen LogP contribution in [0.5, 0.6) is 11.5 Å². The van der Waals surface area contributed by atoms with Crippen LogP contribution in [0.4, 0.5) is 4.79 Å². The number of nitrogens with zero attached hydrogens (tertiary/aromatic N) is 1. The summed E-state index contributed by atoms with van der Waals surface area (Å²) in [6.07, 6.45) is -0.308. The van der Waals surface area contributed by atoms with Crippen molar-refractivity contribution in [3.8, 4) is 11.5 Å². The molecule has 2 aliphatic heterocycles. The highest BCUT2D eigenvalue weighted by atomic mass is 32.2. The summed E-state index contributed by atoms with van der Waals surface area (Å²) < 4.78 is 34.4. The van der Waals surface area contributed by atoms with E-state index >= 15 is 0 Å². The van der Waals surface area contributed by atoms with Crippen LogP contribution < -0.4 is 20.5 Å². The summed E-state index contributed by atoms with van der Waals surface area (Å²) in [4.78, 5) is 36.7. The molecule has 11 heteroatoms. The van der Waals surface area contributed by atoms with Gasteiger partial charge in [0.15, 0.2) is 21.3 Å². The van der Waals surface area contributed by atoms with Crippen LogP contribution in [0.25, 0.3) is 0 Å². The number of sulfone groups is 1. The van der Waals surface area contributed by atoms with Crippen molar-refractivity contribution >= 4 is 27.7 Å². The van der Waals surface area contributed by atoms with E-state index in [0.29, 0.717) is 17.1 Å². The maximum absolute atomic E-state index is 12.8. The number of fused-ring (bicyclic) bond motifs is 1. The molecule has 4 amide bonds. The third-order valence-corrected chi connectivity index (χ3v) is 6.14. The summed E-state index contributed by atoms with van der Waals surface area (Å²) in [7, 11) is -3.63. The summed E-state index contributed by atoms with van der Waals surface area (Å²) in [5, 5.41) is 2.60. The predicted octanol–water partition coefficient (Wildman–Crippen LogP) is -0.527. The van der Waals surface area contributed by atoms with Crippen LogP contribution in [0.1, 0.15) is 18.9 Å². The molecule has 2 aliphatic rings. The Morgan fingerprint density at radius 2 is 1.96 bits per heavy atom. The third kappa shape index (κ3) is 3.68. The first-order valence-corrected chi connectivity index (χ1v) is 9.97. The summed E-state index contributed by atoms with van der Waals surface area (Å²) in [5.74, 6) is -1.18. The van der Waals surface area contributed by atoms with Gasteiger partial charge in [-0.3, -0.25) is 14.5 Å². The monoisotopic (exact) mass is 397 g/mol. The van der Waals surface area contributed by atoms with E-state index in [9.17, 15) is 22.8 Å². The summed E-state index contributed by atoms with van der Waals surface area (Å²) in [6.45, 7) is 1.29. The Balaban J connectivity index is 1.74. The molecular formula is C16H19N3O7S. The van der Waals surface area contributed by atoms with Crippen molar-refractivity contribution in [1.82, 2.24) is 10.2 Å². The number of rotatable bonds is 7. The van der Waals surface area contributed by atoms with Gasteiger partial charge in [0.25, 0.3) is 5.91 Å². The number of nitrogens with one attached hydrogen (secondary N) is 1. The normalized spacial score (nSPS) is 21.4. The minimum atomic E-state index is -3.63. The molecule has 1 aromatic rings. The molecule has 1 atom stereocenters. The number of nitrogens with two attached hydrogens (primary N) is 1. The van der Waals surface area contributed by atoms with Gasteiger partial charge in [-0.25, -0.2) is 13.2 Å². The van der Waals surface area contributed by atoms with Crippen LogP contribution in [-0.2, 0) is 25.0 Å². The van der Waals surface area contributed by atoms with Crippen molar-refractivity contribution in [2.75, 3.05) is 24.8 Å². The lowest BCUT2D eigenvalue weighted by atomic mass is 9.91. The van der Waals surface area contributed by atoms with Crippen LogP contribution in [0.15, 0.2) is 18.2 Å². The van der Waals surface area contributed by atoms with E-state index in [1.165, 1.54) is 6.92 Å². The van der Waals surface area contributed by atoms with E-state index in [1.54, 1.807) is 18.2 Å². The van der Waals surface area contributed by atoms with Crippen LogP contribution in [0, 0.1) is 0 Å². The summed E-state index contributed by atoms with van der Waals surface area (Å²) in [5.41, 5.74) is 4.09. The Kier molecular flexibility index (Phi) is 4.72. The van der Waals surface area contributed by atoms with Crippen LogP contribution >= 0.6 is 0 Å². The largest absolute Gasteiger partial charge is 0.454 e. The SMILES string of the molecule is C[C@@]1(c2ccc3c(c2)OCO3)NC(=O)N(CCS(=O)(=O)CCC(N)=O)C1=O. The number of hydrogen-bond donors (Lipinski definition) is 2. The molecule has 2 heterocycles. The second kappa shape index (κ2) is 6.72. The topological polar surface area (TPSA) is 145 Å². The van der Waals surface area contributed by atoms with Gasteiger partial charge in [-0.2, -0.15) is 0 Å². The fourth-order valence-corrected chi connectivity index (χ4v) is 4.07. The molecule has 1 saturated heterocycles. The average molecular weight is 397 g/mol. The average Bonchev–Trinajstić information content (AvgIpc) is 3.15. The summed E-state index contributed by atoms with van der Waals surface area (Å²) in [6, 6.07) is 4.19. The van der Waals surface area contributed by atoms with E-state index in [-0.39, 0.29) is 19.8 Å². The molecule has 0 radical (unpaired) electrons. The predicted molar refractivity (Wildman–Crippen MR) is 92.6 cm³/mol. The lowest BCUT2D eigenvalue weighted by Gasteiger charge is -2.22. The standard InChI is InChI=1S/C16H19N3O7S/c1-16(10-2-3-11-12(8-10)26-9-25-11)14(21)19(15(22)18-16)5-7-27(23,24)6-4-13(17)20/h2-3,8H,4-7,9H2,1H3,(H2,17,20)(H,18,22)/t16-/m0/s1. The number of hydrogen-bond acceptors (Lipinski definition) is 7. The molecule has 0 aromatic heterocycles. The van der Waals surface area contributed by atoms with E-state index in [2.05, 4.69) is 5.32 Å². The van der Waals surface area contributed by atoms with Gasteiger partial charge in [0.05, 0.1) is 11.5 Å². The van der Waals surface area contributed by atoms with Gasteiger partial charge in [0.1, 0.15) is 5.54 Å². The molecular weight excluding hydrogens is 378 g/mol. The molecule has 3 rings (SSSR count). The van der Waals surface area contributed by atoms with E-state index < -0.39 is 44.7 Å². The first-order valence-electron chi connectivity index (χ1n) is 8.15. The zero-order valence-corrected chi connectivity index (χ0v) is 15.4. The van der Waals surface area contributed by atoms with Gasteiger partial charge < -0.3 is 20.5 Å². The second-order valence-corrected chi connectivity index (χ2v) is 8.75. The lowest BCUT2D eigenvalue weighted by molar-refractivity contribution is -0.130. The fourth-order valence-electron chi connectivity index (χ4n) is 2.89. The highest BCUT2D eigenvalue weighted by Gasteiger charge is 2.49. The van der Waals surface area contributed by atoms with Crippen molar-refractivity contribution in [3.63, 3.8) is 0 Å². The second-order valence-electron chi connectivity index (χ2n) is 6.45. The molecule has 1 fully saturated rings. The molecule has 10 nitrogen and oxygen atoms in total. The molecule has 1 aromatic carbocycles. The van der Waals surface area contributed by atoms with Gasteiger partial charge in [-0.1, -0.05) is 6.07 Å². The van der Waals surface area contributed by atoms with Crippen molar-refractivity contribution < 1.29 is 32.3 Å². The van der Waals surface area contributed by atoms with Gasteiger partial charge in [0, 0.05) is 13.0 Å². The number of benzene rings is 1. The zero-order valence-electron chi connectivity index (χ0n) is 14.6. The van der Waals surface area contributed by atoms with Gasteiger partial charge in [-0.15, -0.1) is 0 Å². The zero-order chi connectivity index (χ0) is 19.8. The molecule has 0 unspecified atom stereocenters. The van der Waals surface area contributed by atoms with Crippen molar-refractivity contribution in [3.05, 3.63) is 23.8 Å². The third-order valence-electron chi connectivity index (χ3n) is 4.51. The quantitative estimate of drug-likeness (QED) is 0.588. The number of urea groups is 1. The first-order chi connectivity index (χ1) is 12.6. The maximum atomic E-state index is 12.8. The number of ether oxygens (including phenoxy) is 2. The van der Waals surface area contributed by atoms with E-state index in [1.807, 2.05) is 0 Å². The van der Waals surface area contributed by atoms with E-state index in [0.717, 1.165) is 4.90 Å². The van der Waals surface area contributed by atoms with Crippen molar-refractivity contribution in [2.24, 2.45) is 5.73 Å². The maximum Gasteiger partial charge on any atom is 0.325 e. The molecule has 27 heavy (non-hydrogen) atoms. The fraction of sp³-hybridized carbons (Fsp3) is 0.438. The number of imide groups is 1. The molecule has 0 aliphatic carbocycles. The van der Waals surface area contributed by atoms with Gasteiger partial charge in [0.2, 0.25) is 12.7 Å². The van der Waals surface area contributed by atoms with Gasteiger partial charge in [-0.05, 0) is 24.6 Å². The van der Waals surface area contributed by atoms with Gasteiger partial charge >= 0.3 is 6.03 Å². The first kappa shape index (κ1) is 19.0. The lowest BCUT2D eigenvalue weighted by Crippen LogP contribution is -2.41. The number of carbonyl (C=O) groups excluding carboxylic acids is 3. The highest BCUT2D eigenvalue weighted by Crippen LogP contribution is 2.37. The number of carbonyl (C=O) groups is 3. The van der Waals surface area contributed by atoms with Crippen molar-refractivity contribution in [2.45, 2.75) is 18.9 Å². The minimum Gasteiger partial charge on any atom is -0.454 e. The van der Waals surface area contributed by atoms with Crippen LogP contribution in [0.2, 0.25) is 0 Å². The molecule has 146 valence electrons. The minimum absolute atomic E-state index is 0.0745. The smallest absolute Gasteiger partial charge is 0.325 e. The molecule has 3 N–H and O–H groups in total. The van der Waals surface area contributed by atoms with Crippen molar-refractivity contribution in [1.29, 1.82) is 0 Å². The Morgan fingerprint density at radius 1 is 1.26 bits per heavy atom. The molecule has 0 saturated carbocycles. The number of amides is 4. The Bertz CT molecular complexity index is 915. The molecule has 0 spiro atoms. The Morgan fingerprint density at radius 3 is 2.67 bits per heavy atom. The summed E-state index contributed by atoms with van der Waals surface area (Å²) >= 11 is 0. The van der Waals surface area contributed by atoms with Crippen LogP contribution in [0.3, 0.4) is 0 Å². The van der Waals surface area contributed by atoms with E-state index in [4.69, 9.17) is 15.2 Å².